The van der Waals surface area contributed by atoms with Gasteiger partial charge in [0.15, 0.2) is 0 Å². The molecule has 1 aromatic carbocycles. The predicted octanol–water partition coefficient (Wildman–Crippen LogP) is 4.36. The molecule has 0 bridgehead atoms. The van der Waals surface area contributed by atoms with Crippen LogP contribution in [0, 0.1) is 5.92 Å². The van der Waals surface area contributed by atoms with Crippen LogP contribution in [0.3, 0.4) is 0 Å². The van der Waals surface area contributed by atoms with E-state index in [-0.39, 0.29) is 0 Å². The second kappa shape index (κ2) is 7.68. The topological polar surface area (TPSA) is 21.3 Å². The summed E-state index contributed by atoms with van der Waals surface area (Å²) in [5, 5.41) is 3.45. The van der Waals surface area contributed by atoms with Gasteiger partial charge in [0.05, 0.1) is 0 Å². The molecule has 112 valence electrons. The summed E-state index contributed by atoms with van der Waals surface area (Å²) in [6.45, 7) is 5.22. The third-order valence-corrected chi connectivity index (χ3v) is 4.54. The minimum Gasteiger partial charge on any atom is -0.492 e. The highest BCUT2D eigenvalue weighted by atomic mass is 16.5. The molecule has 2 heteroatoms. The summed E-state index contributed by atoms with van der Waals surface area (Å²) in [4.78, 5) is 0. The average Bonchev–Trinajstić information content (AvgIpc) is 2.49. The van der Waals surface area contributed by atoms with Gasteiger partial charge in [-0.2, -0.15) is 0 Å². The lowest BCUT2D eigenvalue weighted by Crippen LogP contribution is -2.39. The lowest BCUT2D eigenvalue weighted by atomic mass is 9.84. The summed E-state index contributed by atoms with van der Waals surface area (Å²) in [6.07, 6.45) is 6.86. The van der Waals surface area contributed by atoms with Crippen molar-refractivity contribution in [3.8, 4) is 5.75 Å². The molecule has 1 atom stereocenters. The summed E-state index contributed by atoms with van der Waals surface area (Å²) in [5.41, 5.74) is 1.35. The summed E-state index contributed by atoms with van der Waals surface area (Å²) in [6, 6.07) is 9.00. The SMILES string of the molecule is CNC(COc1cccc(C(C)C)c1)C1CCCCC1. The van der Waals surface area contributed by atoms with Crippen LogP contribution in [0.4, 0.5) is 0 Å². The van der Waals surface area contributed by atoms with Gasteiger partial charge >= 0.3 is 0 Å². The molecule has 1 fully saturated rings. The van der Waals surface area contributed by atoms with E-state index in [1.165, 1.54) is 37.7 Å². The second-order valence-corrected chi connectivity index (χ2v) is 6.33. The van der Waals surface area contributed by atoms with Gasteiger partial charge in [-0.05, 0) is 49.4 Å². The maximum absolute atomic E-state index is 6.04. The van der Waals surface area contributed by atoms with Gasteiger partial charge in [0.1, 0.15) is 12.4 Å². The molecular formula is C18H29NO. The van der Waals surface area contributed by atoms with E-state index in [9.17, 15) is 0 Å². The normalized spacial score (nSPS) is 18.2. The van der Waals surface area contributed by atoms with Crippen LogP contribution in [0.25, 0.3) is 0 Å². The van der Waals surface area contributed by atoms with E-state index in [1.807, 2.05) is 0 Å². The van der Waals surface area contributed by atoms with Gasteiger partial charge in [-0.3, -0.25) is 0 Å². The van der Waals surface area contributed by atoms with Gasteiger partial charge in [0, 0.05) is 6.04 Å². The van der Waals surface area contributed by atoms with Crippen LogP contribution in [0.2, 0.25) is 0 Å². The van der Waals surface area contributed by atoms with Crippen LogP contribution in [0.1, 0.15) is 57.4 Å². The van der Waals surface area contributed by atoms with Gasteiger partial charge in [-0.15, -0.1) is 0 Å². The van der Waals surface area contributed by atoms with Crippen molar-refractivity contribution in [3.05, 3.63) is 29.8 Å². The Kier molecular flexibility index (Phi) is 5.90. The highest BCUT2D eigenvalue weighted by Crippen LogP contribution is 2.27. The highest BCUT2D eigenvalue weighted by Gasteiger charge is 2.22. The predicted molar refractivity (Wildman–Crippen MR) is 85.4 cm³/mol. The van der Waals surface area contributed by atoms with Crippen LogP contribution in [0.15, 0.2) is 24.3 Å². The van der Waals surface area contributed by atoms with Crippen LogP contribution < -0.4 is 10.1 Å². The Hall–Kier alpha value is -1.02. The molecule has 0 spiro atoms. The van der Waals surface area contributed by atoms with Gasteiger partial charge in [0.2, 0.25) is 0 Å². The molecule has 2 nitrogen and oxygen atoms in total. The number of likely N-dealkylation sites (N-methyl/N-ethyl adjacent to an activating group) is 1. The van der Waals surface area contributed by atoms with Crippen molar-refractivity contribution in [2.24, 2.45) is 5.92 Å². The van der Waals surface area contributed by atoms with Gasteiger partial charge in [-0.25, -0.2) is 0 Å². The van der Waals surface area contributed by atoms with E-state index in [1.54, 1.807) is 0 Å². The van der Waals surface area contributed by atoms with E-state index in [0.29, 0.717) is 12.0 Å². The molecule has 1 unspecified atom stereocenters. The number of rotatable bonds is 6. The zero-order chi connectivity index (χ0) is 14.4. The Bertz CT molecular complexity index is 396. The van der Waals surface area contributed by atoms with Crippen LogP contribution in [-0.2, 0) is 0 Å². The smallest absolute Gasteiger partial charge is 0.119 e. The van der Waals surface area contributed by atoms with Gasteiger partial charge in [0.25, 0.3) is 0 Å². The Morgan fingerprint density at radius 3 is 2.60 bits per heavy atom. The quantitative estimate of drug-likeness (QED) is 0.833. The summed E-state index contributed by atoms with van der Waals surface area (Å²) in [7, 11) is 2.06. The second-order valence-electron chi connectivity index (χ2n) is 6.33. The molecule has 0 aliphatic heterocycles. The Labute approximate surface area is 123 Å². The first-order chi connectivity index (χ1) is 9.70. The third kappa shape index (κ3) is 4.24. The number of hydrogen-bond donors (Lipinski definition) is 1. The van der Waals surface area contributed by atoms with Crippen LogP contribution in [-0.4, -0.2) is 19.7 Å². The molecule has 20 heavy (non-hydrogen) atoms. The Morgan fingerprint density at radius 1 is 1.20 bits per heavy atom. The highest BCUT2D eigenvalue weighted by molar-refractivity contribution is 5.30. The molecule has 0 aromatic heterocycles. The Morgan fingerprint density at radius 2 is 1.95 bits per heavy atom. The van der Waals surface area contributed by atoms with Crippen LogP contribution >= 0.6 is 0 Å². The largest absolute Gasteiger partial charge is 0.492 e. The molecule has 1 saturated carbocycles. The van der Waals surface area contributed by atoms with Crippen molar-refractivity contribution in [1.29, 1.82) is 0 Å². The van der Waals surface area contributed by atoms with Crippen molar-refractivity contribution in [2.45, 2.75) is 57.9 Å². The van der Waals surface area contributed by atoms with Crippen LogP contribution in [0.5, 0.6) is 5.75 Å². The first kappa shape index (κ1) is 15.4. The molecule has 1 aromatic rings. The van der Waals surface area contributed by atoms with E-state index < -0.39 is 0 Å². The molecular weight excluding hydrogens is 246 g/mol. The van der Waals surface area contributed by atoms with Gasteiger partial charge in [-0.1, -0.05) is 45.2 Å². The van der Waals surface area contributed by atoms with Gasteiger partial charge < -0.3 is 10.1 Å². The first-order valence-electron chi connectivity index (χ1n) is 8.10. The number of hydrogen-bond acceptors (Lipinski definition) is 2. The van der Waals surface area contributed by atoms with Crippen molar-refractivity contribution in [3.63, 3.8) is 0 Å². The molecule has 0 saturated heterocycles. The van der Waals surface area contributed by atoms with E-state index in [0.717, 1.165) is 18.3 Å². The lowest BCUT2D eigenvalue weighted by Gasteiger charge is -2.30. The zero-order valence-corrected chi connectivity index (χ0v) is 13.2. The molecule has 1 N–H and O–H groups in total. The first-order valence-corrected chi connectivity index (χ1v) is 8.10. The monoisotopic (exact) mass is 275 g/mol. The summed E-state index contributed by atoms with van der Waals surface area (Å²) < 4.78 is 6.04. The minimum absolute atomic E-state index is 0.484. The van der Waals surface area contributed by atoms with Crippen molar-refractivity contribution in [1.82, 2.24) is 5.32 Å². The summed E-state index contributed by atoms with van der Waals surface area (Å²) in [5.74, 6) is 2.34. The molecule has 0 heterocycles. The van der Waals surface area contributed by atoms with E-state index in [2.05, 4.69) is 50.5 Å². The molecule has 2 rings (SSSR count). The maximum atomic E-state index is 6.04. The third-order valence-electron chi connectivity index (χ3n) is 4.54. The number of nitrogens with one attached hydrogen (secondary N) is 1. The maximum Gasteiger partial charge on any atom is 0.119 e. The fraction of sp³-hybridized carbons (Fsp3) is 0.667. The Balaban J connectivity index is 1.90. The lowest BCUT2D eigenvalue weighted by molar-refractivity contribution is 0.192. The molecule has 0 amide bonds. The fourth-order valence-electron chi connectivity index (χ4n) is 3.14. The summed E-state index contributed by atoms with van der Waals surface area (Å²) >= 11 is 0. The molecule has 1 aliphatic carbocycles. The number of benzene rings is 1. The van der Waals surface area contributed by atoms with Crippen molar-refractivity contribution in [2.75, 3.05) is 13.7 Å². The minimum atomic E-state index is 0.484. The van der Waals surface area contributed by atoms with E-state index >= 15 is 0 Å². The average molecular weight is 275 g/mol. The molecule has 1 aliphatic rings. The number of ether oxygens (including phenoxy) is 1. The zero-order valence-electron chi connectivity index (χ0n) is 13.2. The fourth-order valence-corrected chi connectivity index (χ4v) is 3.14. The van der Waals surface area contributed by atoms with Crippen molar-refractivity contribution >= 4 is 0 Å². The van der Waals surface area contributed by atoms with Crippen molar-refractivity contribution < 1.29 is 4.74 Å². The van der Waals surface area contributed by atoms with E-state index in [4.69, 9.17) is 4.74 Å². The standard InChI is InChI=1S/C18H29NO/c1-14(2)16-10-7-11-17(12-16)20-13-18(19-3)15-8-5-4-6-9-15/h7,10-12,14-15,18-19H,4-6,8-9,13H2,1-3H3. The molecule has 0 radical (unpaired) electrons.